The molecular weight excluding hydrogens is 264 g/mol. The molecule has 0 saturated heterocycles. The van der Waals surface area contributed by atoms with Crippen LogP contribution in [0.25, 0.3) is 0 Å². The lowest BCUT2D eigenvalue weighted by molar-refractivity contribution is 0.570. The topological polar surface area (TPSA) is 9.23 Å². The Morgan fingerprint density at radius 3 is 1.42 bits per heavy atom. The molecule has 0 aliphatic carbocycles. The van der Waals surface area contributed by atoms with Crippen LogP contribution in [-0.2, 0) is 4.12 Å². The third-order valence-corrected chi connectivity index (χ3v) is 9.30. The molecule has 0 fully saturated rings. The molecule has 0 radical (unpaired) electrons. The molecule has 0 spiro atoms. The Hall–Kier alpha value is -0.126. The van der Waals surface area contributed by atoms with Crippen LogP contribution in [0, 0.1) is 0 Å². The Morgan fingerprint density at radius 1 is 0.737 bits per heavy atom. The first-order valence-corrected chi connectivity index (χ1v) is 13.9. The summed E-state index contributed by atoms with van der Waals surface area (Å²) in [5.41, 5.74) is 4.74. The van der Waals surface area contributed by atoms with Crippen molar-refractivity contribution in [3.63, 3.8) is 0 Å². The van der Waals surface area contributed by atoms with E-state index in [4.69, 9.17) is 4.12 Å². The molecule has 0 unspecified atom stereocenters. The highest BCUT2D eigenvalue weighted by Crippen LogP contribution is 2.17. The van der Waals surface area contributed by atoms with E-state index in [2.05, 4.69) is 63.6 Å². The summed E-state index contributed by atoms with van der Waals surface area (Å²) >= 11 is 0. The molecule has 0 atom stereocenters. The van der Waals surface area contributed by atoms with Gasteiger partial charge in [-0.2, -0.15) is 0 Å². The minimum atomic E-state index is -1.63. The van der Waals surface area contributed by atoms with Crippen LogP contribution < -0.4 is 0 Å². The van der Waals surface area contributed by atoms with Crippen molar-refractivity contribution < 1.29 is 4.12 Å². The molecule has 0 aliphatic heterocycles. The molecule has 0 rings (SSSR count). The minimum absolute atomic E-state index is 1.20. The van der Waals surface area contributed by atoms with Gasteiger partial charge in [-0.25, -0.2) is 0 Å². The second-order valence-corrected chi connectivity index (χ2v) is 14.3. The van der Waals surface area contributed by atoms with E-state index in [9.17, 15) is 0 Å². The van der Waals surface area contributed by atoms with Gasteiger partial charge < -0.3 is 4.12 Å². The van der Waals surface area contributed by atoms with E-state index in [1.54, 1.807) is 0 Å². The predicted molar refractivity (Wildman–Crippen MR) is 93.4 cm³/mol. The molecule has 0 heterocycles. The van der Waals surface area contributed by atoms with Crippen LogP contribution in [-0.4, -0.2) is 16.6 Å². The Labute approximate surface area is 123 Å². The largest absolute Gasteiger partial charge is 0.449 e. The van der Waals surface area contributed by atoms with Crippen molar-refractivity contribution in [2.24, 2.45) is 0 Å². The third-order valence-electron chi connectivity index (χ3n) is 3.01. The Kier molecular flexibility index (Phi) is 9.66. The van der Waals surface area contributed by atoms with Crippen molar-refractivity contribution in [2.45, 2.75) is 78.6 Å². The quantitative estimate of drug-likeness (QED) is 0.356. The van der Waals surface area contributed by atoms with E-state index in [0.29, 0.717) is 0 Å². The molecule has 0 bridgehead atoms. The Balaban J connectivity index is 4.28. The van der Waals surface area contributed by atoms with Gasteiger partial charge in [0, 0.05) is 0 Å². The zero-order chi connectivity index (χ0) is 14.8. The smallest absolute Gasteiger partial charge is 0.198 e. The first-order valence-electron chi connectivity index (χ1n) is 7.88. The highest BCUT2D eigenvalue weighted by atomic mass is 28.4. The lowest BCUT2D eigenvalue weighted by Gasteiger charge is -2.29. The highest BCUT2D eigenvalue weighted by molar-refractivity contribution is 6.89. The van der Waals surface area contributed by atoms with Crippen LogP contribution in [0.15, 0.2) is 23.6 Å². The number of rotatable bonds is 10. The highest BCUT2D eigenvalue weighted by Gasteiger charge is 2.28. The van der Waals surface area contributed by atoms with Crippen molar-refractivity contribution in [1.82, 2.24) is 0 Å². The van der Waals surface area contributed by atoms with Crippen molar-refractivity contribution in [2.75, 3.05) is 0 Å². The van der Waals surface area contributed by atoms with Gasteiger partial charge in [0.1, 0.15) is 0 Å². The summed E-state index contributed by atoms with van der Waals surface area (Å²) in [4.78, 5) is 0. The monoisotopic (exact) mass is 298 g/mol. The van der Waals surface area contributed by atoms with E-state index in [1.807, 2.05) is 0 Å². The summed E-state index contributed by atoms with van der Waals surface area (Å²) in [6, 6.07) is 0. The number of unbranched alkanes of at least 4 members (excludes halogenated alkanes) is 4. The van der Waals surface area contributed by atoms with E-state index < -0.39 is 16.6 Å². The second kappa shape index (κ2) is 9.73. The fourth-order valence-electron chi connectivity index (χ4n) is 2.12. The zero-order valence-corrected chi connectivity index (χ0v) is 16.0. The first-order chi connectivity index (χ1) is 8.83. The van der Waals surface area contributed by atoms with Gasteiger partial charge in [-0.1, -0.05) is 63.1 Å². The van der Waals surface area contributed by atoms with E-state index in [-0.39, 0.29) is 0 Å². The van der Waals surface area contributed by atoms with Gasteiger partial charge in [-0.05, 0) is 39.0 Å². The van der Waals surface area contributed by atoms with E-state index >= 15 is 0 Å². The maximum atomic E-state index is 6.49. The molecule has 0 amide bonds. The van der Waals surface area contributed by atoms with Crippen LogP contribution in [0.5, 0.6) is 0 Å². The van der Waals surface area contributed by atoms with Crippen LogP contribution in [0.1, 0.15) is 52.4 Å². The lowest BCUT2D eigenvalue weighted by atomic mass is 10.2. The van der Waals surface area contributed by atoms with E-state index in [0.717, 1.165) is 0 Å². The van der Waals surface area contributed by atoms with Crippen LogP contribution >= 0.6 is 0 Å². The van der Waals surface area contributed by atoms with Gasteiger partial charge in [0.2, 0.25) is 0 Å². The molecule has 0 aromatic carbocycles. The fraction of sp³-hybridized carbons (Fsp3) is 0.750. The molecule has 0 saturated carbocycles. The normalized spacial score (nSPS) is 13.8. The summed E-state index contributed by atoms with van der Waals surface area (Å²) < 4.78 is 6.49. The molecule has 0 aliphatic rings. The minimum Gasteiger partial charge on any atom is -0.449 e. The number of hydrogen-bond acceptors (Lipinski definition) is 1. The SMILES string of the molecule is CCCC/C=C/[Si](C)(C)O[Si](C)(C)/C=C/CCCC. The second-order valence-electron chi connectivity index (χ2n) is 6.40. The van der Waals surface area contributed by atoms with Gasteiger partial charge in [-0.15, -0.1) is 0 Å². The molecular formula is C16H34OSi2. The number of hydrogen-bond donors (Lipinski definition) is 0. The molecule has 0 aromatic heterocycles. The maximum absolute atomic E-state index is 6.49. The molecule has 19 heavy (non-hydrogen) atoms. The van der Waals surface area contributed by atoms with Crippen molar-refractivity contribution in [3.05, 3.63) is 23.6 Å². The van der Waals surface area contributed by atoms with Gasteiger partial charge in [0.25, 0.3) is 0 Å². The predicted octanol–water partition coefficient (Wildman–Crippen LogP) is 5.98. The fourth-order valence-corrected chi connectivity index (χ4v) is 9.56. The Bertz CT molecular complexity index is 252. The third kappa shape index (κ3) is 11.4. The van der Waals surface area contributed by atoms with Crippen molar-refractivity contribution in [1.29, 1.82) is 0 Å². The van der Waals surface area contributed by atoms with Crippen LogP contribution in [0.2, 0.25) is 26.2 Å². The first kappa shape index (κ1) is 18.9. The maximum Gasteiger partial charge on any atom is 0.198 e. The molecule has 1 nitrogen and oxygen atoms in total. The summed E-state index contributed by atoms with van der Waals surface area (Å²) in [5, 5.41) is 0. The van der Waals surface area contributed by atoms with Gasteiger partial charge in [-0.3, -0.25) is 0 Å². The molecule has 3 heteroatoms. The van der Waals surface area contributed by atoms with Crippen molar-refractivity contribution in [3.8, 4) is 0 Å². The lowest BCUT2D eigenvalue weighted by Crippen LogP contribution is -2.42. The average Bonchev–Trinajstić information content (AvgIpc) is 2.29. The van der Waals surface area contributed by atoms with Gasteiger partial charge >= 0.3 is 0 Å². The van der Waals surface area contributed by atoms with Gasteiger partial charge in [0.15, 0.2) is 16.6 Å². The van der Waals surface area contributed by atoms with Crippen LogP contribution in [0.3, 0.4) is 0 Å². The van der Waals surface area contributed by atoms with Crippen molar-refractivity contribution >= 4 is 16.6 Å². The standard InChI is InChI=1S/C16H34OSi2/c1-7-9-11-13-15-18(3,4)17-19(5,6)16-14-12-10-8-2/h13-16H,7-12H2,1-6H3/b15-13+,16-14+. The van der Waals surface area contributed by atoms with Crippen LogP contribution in [0.4, 0.5) is 0 Å². The average molecular weight is 299 g/mol. The number of allylic oxidation sites excluding steroid dienone is 2. The van der Waals surface area contributed by atoms with Gasteiger partial charge in [0.05, 0.1) is 0 Å². The Morgan fingerprint density at radius 2 is 1.11 bits per heavy atom. The zero-order valence-electron chi connectivity index (χ0n) is 14.0. The molecule has 112 valence electrons. The summed E-state index contributed by atoms with van der Waals surface area (Å²) in [6.07, 6.45) is 12.2. The van der Waals surface area contributed by atoms with E-state index in [1.165, 1.54) is 38.5 Å². The summed E-state index contributed by atoms with van der Waals surface area (Å²) in [5.74, 6) is 0. The molecule has 0 N–H and O–H groups in total. The molecule has 0 aromatic rings. The summed E-state index contributed by atoms with van der Waals surface area (Å²) in [6.45, 7) is 13.7. The summed E-state index contributed by atoms with van der Waals surface area (Å²) in [7, 11) is -3.25.